The van der Waals surface area contributed by atoms with E-state index in [4.69, 9.17) is 23.5 Å². The zero-order valence-electron chi connectivity index (χ0n) is 19.3. The molecule has 0 aliphatic carbocycles. The highest BCUT2D eigenvalue weighted by molar-refractivity contribution is 5.97. The topological polar surface area (TPSA) is 96.2 Å². The maximum absolute atomic E-state index is 12.8. The van der Waals surface area contributed by atoms with Gasteiger partial charge in [0.05, 0.1) is 39.0 Å². The molecule has 1 aliphatic heterocycles. The third kappa shape index (κ3) is 4.57. The fraction of sp³-hybridized carbons (Fsp3) is 0.375. The van der Waals surface area contributed by atoms with Gasteiger partial charge in [-0.25, -0.2) is 0 Å². The van der Waals surface area contributed by atoms with E-state index in [9.17, 15) is 4.79 Å². The van der Waals surface area contributed by atoms with Gasteiger partial charge in [-0.15, -0.1) is 0 Å². The molecule has 9 heteroatoms. The van der Waals surface area contributed by atoms with Crippen LogP contribution in [0, 0.1) is 0 Å². The Balaban J connectivity index is 1.53. The zero-order valence-corrected chi connectivity index (χ0v) is 19.3. The molecular weight excluding hydrogens is 426 g/mol. The van der Waals surface area contributed by atoms with Crippen molar-refractivity contribution in [2.45, 2.75) is 32.3 Å². The van der Waals surface area contributed by atoms with Crippen LogP contribution in [0.1, 0.15) is 32.1 Å². The summed E-state index contributed by atoms with van der Waals surface area (Å²) < 4.78 is 27.4. The first-order valence-corrected chi connectivity index (χ1v) is 10.6. The van der Waals surface area contributed by atoms with E-state index >= 15 is 0 Å². The lowest BCUT2D eigenvalue weighted by Gasteiger charge is -2.20. The third-order valence-corrected chi connectivity index (χ3v) is 5.36. The zero-order chi connectivity index (χ0) is 23.5. The molecule has 1 atom stereocenters. The first-order chi connectivity index (χ1) is 15.9. The minimum absolute atomic E-state index is 0.0517. The van der Waals surface area contributed by atoms with Gasteiger partial charge in [0.15, 0.2) is 11.5 Å². The molecule has 3 aromatic rings. The molecule has 1 unspecified atom stereocenters. The van der Waals surface area contributed by atoms with Gasteiger partial charge in [0, 0.05) is 30.7 Å². The lowest BCUT2D eigenvalue weighted by molar-refractivity contribution is -0.117. The molecule has 174 valence electrons. The van der Waals surface area contributed by atoms with Crippen LogP contribution in [0.15, 0.2) is 40.9 Å². The lowest BCUT2D eigenvalue weighted by Crippen LogP contribution is -2.24. The van der Waals surface area contributed by atoms with Crippen molar-refractivity contribution in [3.63, 3.8) is 0 Å². The van der Waals surface area contributed by atoms with E-state index < -0.39 is 0 Å². The molecule has 0 N–H and O–H groups in total. The SMILES string of the molecule is COc1cc(N2CC(c3nc(-c4ccc(OC(C)C)cc4)no3)CC2=O)cc(OC)c1OC. The predicted octanol–water partition coefficient (Wildman–Crippen LogP) is 4.07. The van der Waals surface area contributed by atoms with Crippen LogP contribution < -0.4 is 23.8 Å². The Morgan fingerprint density at radius 2 is 1.70 bits per heavy atom. The van der Waals surface area contributed by atoms with E-state index in [2.05, 4.69) is 10.1 Å². The van der Waals surface area contributed by atoms with E-state index in [1.165, 1.54) is 21.3 Å². The molecular formula is C24H27N3O6. The Kier molecular flexibility index (Phi) is 6.39. The van der Waals surface area contributed by atoms with E-state index in [-0.39, 0.29) is 24.3 Å². The Morgan fingerprint density at radius 3 is 2.27 bits per heavy atom. The van der Waals surface area contributed by atoms with Crippen LogP contribution in [-0.2, 0) is 4.79 Å². The van der Waals surface area contributed by atoms with Crippen molar-refractivity contribution in [3.8, 4) is 34.4 Å². The van der Waals surface area contributed by atoms with Crippen molar-refractivity contribution in [2.24, 2.45) is 0 Å². The van der Waals surface area contributed by atoms with Crippen molar-refractivity contribution in [1.29, 1.82) is 0 Å². The molecule has 4 rings (SSSR count). The van der Waals surface area contributed by atoms with Crippen LogP contribution in [0.3, 0.4) is 0 Å². The number of carbonyl (C=O) groups excluding carboxylic acids is 1. The number of nitrogens with zero attached hydrogens (tertiary/aromatic N) is 3. The van der Waals surface area contributed by atoms with Gasteiger partial charge >= 0.3 is 0 Å². The molecule has 1 aromatic heterocycles. The second-order valence-corrected chi connectivity index (χ2v) is 7.94. The van der Waals surface area contributed by atoms with Gasteiger partial charge in [-0.3, -0.25) is 4.79 Å². The molecule has 2 heterocycles. The molecule has 9 nitrogen and oxygen atoms in total. The number of benzene rings is 2. The quantitative estimate of drug-likeness (QED) is 0.504. The lowest BCUT2D eigenvalue weighted by atomic mass is 10.1. The fourth-order valence-corrected chi connectivity index (χ4v) is 3.82. The number of hydrogen-bond acceptors (Lipinski definition) is 8. The highest BCUT2D eigenvalue weighted by atomic mass is 16.5. The summed E-state index contributed by atoms with van der Waals surface area (Å²) in [7, 11) is 4.61. The average Bonchev–Trinajstić information content (AvgIpc) is 3.45. The summed E-state index contributed by atoms with van der Waals surface area (Å²) in [6, 6.07) is 11.0. The first kappa shape index (κ1) is 22.4. The summed E-state index contributed by atoms with van der Waals surface area (Å²) in [6.07, 6.45) is 0.362. The van der Waals surface area contributed by atoms with E-state index in [0.29, 0.717) is 41.2 Å². The number of amides is 1. The van der Waals surface area contributed by atoms with Crippen molar-refractivity contribution < 1.29 is 28.3 Å². The Hall–Kier alpha value is -3.75. The maximum Gasteiger partial charge on any atom is 0.232 e. The van der Waals surface area contributed by atoms with Crippen molar-refractivity contribution in [1.82, 2.24) is 10.1 Å². The summed E-state index contributed by atoms with van der Waals surface area (Å²) in [5, 5.41) is 4.11. The van der Waals surface area contributed by atoms with Gasteiger partial charge in [-0.1, -0.05) is 5.16 Å². The number of aromatic nitrogens is 2. The van der Waals surface area contributed by atoms with E-state index in [1.54, 1.807) is 17.0 Å². The summed E-state index contributed by atoms with van der Waals surface area (Å²) in [4.78, 5) is 19.0. The third-order valence-electron chi connectivity index (χ3n) is 5.36. The maximum atomic E-state index is 12.8. The highest BCUT2D eigenvalue weighted by Gasteiger charge is 2.36. The number of carbonyl (C=O) groups is 1. The molecule has 0 spiro atoms. The fourth-order valence-electron chi connectivity index (χ4n) is 3.82. The normalized spacial score (nSPS) is 15.8. The second kappa shape index (κ2) is 9.40. The number of hydrogen-bond donors (Lipinski definition) is 0. The van der Waals surface area contributed by atoms with Gasteiger partial charge in [0.25, 0.3) is 0 Å². The van der Waals surface area contributed by atoms with Crippen molar-refractivity contribution in [3.05, 3.63) is 42.3 Å². The summed E-state index contributed by atoms with van der Waals surface area (Å²) in [5.74, 6) is 2.83. The Labute approximate surface area is 192 Å². The monoisotopic (exact) mass is 453 g/mol. The minimum Gasteiger partial charge on any atom is -0.493 e. The van der Waals surface area contributed by atoms with Crippen LogP contribution in [0.5, 0.6) is 23.0 Å². The molecule has 1 aliphatic rings. The van der Waals surface area contributed by atoms with Crippen LogP contribution in [-0.4, -0.2) is 50.0 Å². The van der Waals surface area contributed by atoms with Crippen molar-refractivity contribution in [2.75, 3.05) is 32.8 Å². The van der Waals surface area contributed by atoms with Gasteiger partial charge in [-0.2, -0.15) is 4.98 Å². The number of methoxy groups -OCH3 is 3. The van der Waals surface area contributed by atoms with Crippen LogP contribution in [0.2, 0.25) is 0 Å². The van der Waals surface area contributed by atoms with Gasteiger partial charge in [-0.05, 0) is 38.1 Å². The molecule has 1 amide bonds. The molecule has 33 heavy (non-hydrogen) atoms. The highest BCUT2D eigenvalue weighted by Crippen LogP contribution is 2.43. The molecule has 0 saturated carbocycles. The van der Waals surface area contributed by atoms with Gasteiger partial charge in [0.2, 0.25) is 23.4 Å². The summed E-state index contributed by atoms with van der Waals surface area (Å²) in [6.45, 7) is 4.35. The predicted molar refractivity (Wildman–Crippen MR) is 121 cm³/mol. The second-order valence-electron chi connectivity index (χ2n) is 7.94. The average molecular weight is 453 g/mol. The Bertz CT molecular complexity index is 1100. The van der Waals surface area contributed by atoms with E-state index in [1.807, 2.05) is 38.1 Å². The smallest absolute Gasteiger partial charge is 0.232 e. The standard InChI is InChI=1S/C24H27N3O6/c1-14(2)32-18-8-6-15(7-9-18)23-25-24(33-26-23)16-10-21(28)27(13-16)17-11-19(29-3)22(31-5)20(12-17)30-4/h6-9,11-12,14,16H,10,13H2,1-5H3. The first-order valence-electron chi connectivity index (χ1n) is 10.6. The van der Waals surface area contributed by atoms with Crippen molar-refractivity contribution >= 4 is 11.6 Å². The number of ether oxygens (including phenoxy) is 4. The minimum atomic E-state index is -0.221. The number of rotatable bonds is 8. The summed E-state index contributed by atoms with van der Waals surface area (Å²) >= 11 is 0. The van der Waals surface area contributed by atoms with Crippen LogP contribution in [0.25, 0.3) is 11.4 Å². The molecule has 0 bridgehead atoms. The Morgan fingerprint density at radius 1 is 1.03 bits per heavy atom. The summed E-state index contributed by atoms with van der Waals surface area (Å²) in [5.41, 5.74) is 1.46. The number of anilines is 1. The largest absolute Gasteiger partial charge is 0.493 e. The molecule has 1 fully saturated rings. The van der Waals surface area contributed by atoms with E-state index in [0.717, 1.165) is 11.3 Å². The van der Waals surface area contributed by atoms with Crippen LogP contribution in [0.4, 0.5) is 5.69 Å². The van der Waals surface area contributed by atoms with Crippen LogP contribution >= 0.6 is 0 Å². The van der Waals surface area contributed by atoms with Gasteiger partial charge < -0.3 is 28.4 Å². The van der Waals surface area contributed by atoms with Gasteiger partial charge in [0.1, 0.15) is 5.75 Å². The molecule has 0 radical (unpaired) electrons. The molecule has 1 saturated heterocycles. The molecule has 2 aromatic carbocycles.